The quantitative estimate of drug-likeness (QED) is 0.775. The molecule has 134 valence electrons. The zero-order valence-corrected chi connectivity index (χ0v) is 15.6. The second-order valence-electron chi connectivity index (χ2n) is 6.40. The predicted molar refractivity (Wildman–Crippen MR) is 100.0 cm³/mol. The molecule has 0 spiro atoms. The number of carbonyl (C=O) groups excluding carboxylic acids is 1. The SMILES string of the molecule is Cc1c(C(=O)NCC(C)Sc2ccccc2)nnn1C1CCNCC1. The Morgan fingerprint density at radius 1 is 1.36 bits per heavy atom. The third-order valence-corrected chi connectivity index (χ3v) is 5.54. The fourth-order valence-corrected chi connectivity index (χ4v) is 3.99. The Labute approximate surface area is 152 Å². The van der Waals surface area contributed by atoms with Gasteiger partial charge in [0.2, 0.25) is 0 Å². The van der Waals surface area contributed by atoms with Crippen LogP contribution in [0.4, 0.5) is 0 Å². The first-order valence-corrected chi connectivity index (χ1v) is 9.65. The summed E-state index contributed by atoms with van der Waals surface area (Å²) in [6, 6.07) is 10.6. The fourth-order valence-electron chi connectivity index (χ4n) is 3.04. The van der Waals surface area contributed by atoms with Crippen molar-refractivity contribution in [2.45, 2.75) is 42.9 Å². The average Bonchev–Trinajstić information content (AvgIpc) is 3.03. The molecule has 1 saturated heterocycles. The summed E-state index contributed by atoms with van der Waals surface area (Å²) < 4.78 is 1.91. The molecule has 1 fully saturated rings. The maximum absolute atomic E-state index is 12.5. The first kappa shape index (κ1) is 17.9. The molecule has 1 atom stereocenters. The number of benzene rings is 1. The van der Waals surface area contributed by atoms with Gasteiger partial charge in [-0.3, -0.25) is 4.79 Å². The number of aromatic nitrogens is 3. The number of piperidine rings is 1. The minimum absolute atomic E-state index is 0.141. The maximum Gasteiger partial charge on any atom is 0.273 e. The summed E-state index contributed by atoms with van der Waals surface area (Å²) in [6.07, 6.45) is 2.05. The number of hydrogen-bond acceptors (Lipinski definition) is 5. The topological polar surface area (TPSA) is 71.8 Å². The monoisotopic (exact) mass is 359 g/mol. The molecule has 2 aromatic rings. The van der Waals surface area contributed by atoms with Crippen LogP contribution in [0.3, 0.4) is 0 Å². The van der Waals surface area contributed by atoms with Crippen molar-refractivity contribution in [1.82, 2.24) is 25.6 Å². The molecule has 1 unspecified atom stereocenters. The van der Waals surface area contributed by atoms with Crippen molar-refractivity contribution in [1.29, 1.82) is 0 Å². The lowest BCUT2D eigenvalue weighted by molar-refractivity contribution is 0.0948. The second kappa shape index (κ2) is 8.49. The minimum atomic E-state index is -0.141. The molecule has 1 aromatic carbocycles. The Balaban J connectivity index is 1.55. The average molecular weight is 359 g/mol. The summed E-state index contributed by atoms with van der Waals surface area (Å²) in [5.41, 5.74) is 1.29. The number of thioether (sulfide) groups is 1. The molecular weight excluding hydrogens is 334 g/mol. The highest BCUT2D eigenvalue weighted by Gasteiger charge is 2.23. The molecule has 1 aliphatic rings. The van der Waals surface area contributed by atoms with Gasteiger partial charge in [-0.1, -0.05) is 30.3 Å². The van der Waals surface area contributed by atoms with Gasteiger partial charge in [0.1, 0.15) is 0 Å². The number of rotatable bonds is 6. The molecule has 25 heavy (non-hydrogen) atoms. The molecule has 7 heteroatoms. The van der Waals surface area contributed by atoms with Crippen molar-refractivity contribution in [2.24, 2.45) is 0 Å². The molecule has 6 nitrogen and oxygen atoms in total. The van der Waals surface area contributed by atoms with Crippen LogP contribution in [0.15, 0.2) is 35.2 Å². The molecule has 2 heterocycles. The van der Waals surface area contributed by atoms with Crippen LogP contribution >= 0.6 is 11.8 Å². The van der Waals surface area contributed by atoms with E-state index in [0.29, 0.717) is 18.3 Å². The molecule has 1 amide bonds. The van der Waals surface area contributed by atoms with Gasteiger partial charge in [-0.2, -0.15) is 0 Å². The van der Waals surface area contributed by atoms with E-state index >= 15 is 0 Å². The van der Waals surface area contributed by atoms with Gasteiger partial charge < -0.3 is 10.6 Å². The Morgan fingerprint density at radius 2 is 2.08 bits per heavy atom. The van der Waals surface area contributed by atoms with Crippen LogP contribution in [0.5, 0.6) is 0 Å². The Hall–Kier alpha value is -1.86. The summed E-state index contributed by atoms with van der Waals surface area (Å²) in [6.45, 7) is 6.60. The van der Waals surface area contributed by atoms with Crippen molar-refractivity contribution in [2.75, 3.05) is 19.6 Å². The van der Waals surface area contributed by atoms with Crippen LogP contribution in [0.25, 0.3) is 0 Å². The molecule has 0 bridgehead atoms. The number of amides is 1. The van der Waals surface area contributed by atoms with E-state index < -0.39 is 0 Å². The summed E-state index contributed by atoms with van der Waals surface area (Å²) in [7, 11) is 0. The van der Waals surface area contributed by atoms with Gasteiger partial charge in [0.05, 0.1) is 11.7 Å². The largest absolute Gasteiger partial charge is 0.349 e. The molecule has 1 aromatic heterocycles. The first-order chi connectivity index (χ1) is 12.1. The van der Waals surface area contributed by atoms with Crippen molar-refractivity contribution in [3.8, 4) is 0 Å². The highest BCUT2D eigenvalue weighted by atomic mass is 32.2. The Bertz CT molecular complexity index is 697. The zero-order chi connectivity index (χ0) is 17.6. The van der Waals surface area contributed by atoms with Gasteiger partial charge in [-0.15, -0.1) is 16.9 Å². The highest BCUT2D eigenvalue weighted by molar-refractivity contribution is 8.00. The summed E-state index contributed by atoms with van der Waals surface area (Å²) in [5.74, 6) is -0.141. The predicted octanol–water partition coefficient (Wildman–Crippen LogP) is 2.42. The molecule has 0 radical (unpaired) electrons. The lowest BCUT2D eigenvalue weighted by Crippen LogP contribution is -2.31. The summed E-state index contributed by atoms with van der Waals surface area (Å²) >= 11 is 1.75. The zero-order valence-electron chi connectivity index (χ0n) is 14.7. The highest BCUT2D eigenvalue weighted by Crippen LogP contribution is 2.22. The third kappa shape index (κ3) is 4.61. The van der Waals surface area contributed by atoms with Gasteiger partial charge in [-0.25, -0.2) is 4.68 Å². The molecule has 1 aliphatic heterocycles. The Kier molecular flexibility index (Phi) is 6.09. The molecule has 0 aliphatic carbocycles. The van der Waals surface area contributed by atoms with E-state index in [1.54, 1.807) is 11.8 Å². The molecule has 3 rings (SSSR count). The molecule has 2 N–H and O–H groups in total. The fraction of sp³-hybridized carbons (Fsp3) is 0.500. The first-order valence-electron chi connectivity index (χ1n) is 8.77. The number of carbonyl (C=O) groups is 1. The van der Waals surface area contributed by atoms with Crippen molar-refractivity contribution in [3.63, 3.8) is 0 Å². The van der Waals surface area contributed by atoms with Crippen LogP contribution in [0.1, 0.15) is 42.0 Å². The maximum atomic E-state index is 12.5. The standard InChI is InChI=1S/C18H25N5OS/c1-13(25-16-6-4-3-5-7-16)12-20-18(24)17-14(2)23(22-21-17)15-8-10-19-11-9-15/h3-7,13,15,19H,8-12H2,1-2H3,(H,20,24). The third-order valence-electron chi connectivity index (χ3n) is 4.43. The van der Waals surface area contributed by atoms with Crippen LogP contribution in [0, 0.1) is 6.92 Å². The lowest BCUT2D eigenvalue weighted by Gasteiger charge is -2.23. The van der Waals surface area contributed by atoms with E-state index in [-0.39, 0.29) is 11.2 Å². The normalized spacial score (nSPS) is 16.6. The smallest absolute Gasteiger partial charge is 0.273 e. The van der Waals surface area contributed by atoms with Gasteiger partial charge in [0.15, 0.2) is 5.69 Å². The van der Waals surface area contributed by atoms with Crippen LogP contribution in [-0.2, 0) is 0 Å². The van der Waals surface area contributed by atoms with E-state index in [9.17, 15) is 4.79 Å². The summed E-state index contributed by atoms with van der Waals surface area (Å²) in [5, 5.41) is 15.0. The minimum Gasteiger partial charge on any atom is -0.349 e. The van der Waals surface area contributed by atoms with Crippen LogP contribution in [-0.4, -0.2) is 45.8 Å². The van der Waals surface area contributed by atoms with Crippen LogP contribution in [0.2, 0.25) is 0 Å². The van der Waals surface area contributed by atoms with Crippen LogP contribution < -0.4 is 10.6 Å². The van der Waals surface area contributed by atoms with Crippen molar-refractivity contribution >= 4 is 17.7 Å². The molecule has 0 saturated carbocycles. The Morgan fingerprint density at radius 3 is 2.80 bits per heavy atom. The molecular formula is C18H25N5OS. The number of nitrogens with one attached hydrogen (secondary N) is 2. The van der Waals surface area contributed by atoms with E-state index in [0.717, 1.165) is 31.6 Å². The number of nitrogens with zero attached hydrogens (tertiary/aromatic N) is 3. The second-order valence-corrected chi connectivity index (χ2v) is 7.91. The lowest BCUT2D eigenvalue weighted by atomic mass is 10.1. The van der Waals surface area contributed by atoms with Crippen molar-refractivity contribution < 1.29 is 4.79 Å². The van der Waals surface area contributed by atoms with Gasteiger partial charge in [-0.05, 0) is 45.0 Å². The van der Waals surface area contributed by atoms with Gasteiger partial charge >= 0.3 is 0 Å². The number of hydrogen-bond donors (Lipinski definition) is 2. The summed E-state index contributed by atoms with van der Waals surface area (Å²) in [4.78, 5) is 13.7. The van der Waals surface area contributed by atoms with E-state index in [2.05, 4.69) is 40.0 Å². The van der Waals surface area contributed by atoms with E-state index in [1.165, 1.54) is 4.90 Å². The van der Waals surface area contributed by atoms with E-state index in [4.69, 9.17) is 0 Å². The van der Waals surface area contributed by atoms with Gasteiger partial charge in [0.25, 0.3) is 5.91 Å². The van der Waals surface area contributed by atoms with Crippen molar-refractivity contribution in [3.05, 3.63) is 41.7 Å². The van der Waals surface area contributed by atoms with E-state index in [1.807, 2.05) is 29.8 Å². The van der Waals surface area contributed by atoms with Gasteiger partial charge in [0, 0.05) is 16.7 Å².